The fraction of sp³-hybridized carbons (Fsp3) is 0.0625. The summed E-state index contributed by atoms with van der Waals surface area (Å²) in [6, 6.07) is 8.22. The summed E-state index contributed by atoms with van der Waals surface area (Å²) in [5.41, 5.74) is 2.89. The number of aromatic hydroxyl groups is 1. The van der Waals surface area contributed by atoms with E-state index in [1.54, 1.807) is 24.5 Å². The Balaban J connectivity index is 2.42. The minimum absolute atomic E-state index is 0.0884. The number of allylic oxidation sites excluding steroid dienone is 1. The second-order valence-electron chi connectivity index (χ2n) is 4.47. The molecule has 1 N–H and O–H groups in total. The number of fused-ring (bicyclic) bond motifs is 3. The van der Waals surface area contributed by atoms with E-state index < -0.39 is 0 Å². The molecule has 1 aliphatic carbocycles. The lowest BCUT2D eigenvalue weighted by Crippen LogP contribution is -1.98. The third-order valence-electron chi connectivity index (χ3n) is 3.13. The van der Waals surface area contributed by atoms with Crippen LogP contribution in [0, 0.1) is 0 Å². The summed E-state index contributed by atoms with van der Waals surface area (Å²) in [6.07, 6.45) is 4.00. The van der Waals surface area contributed by atoms with Gasteiger partial charge >= 0.3 is 0 Å². The molecule has 3 rings (SSSR count). The van der Waals surface area contributed by atoms with Crippen LogP contribution in [0.5, 0.6) is 5.75 Å². The molecule has 2 aliphatic rings. The zero-order chi connectivity index (χ0) is 13.4. The average Bonchev–Trinajstić information content (AvgIpc) is 2.38. The van der Waals surface area contributed by atoms with Gasteiger partial charge in [-0.3, -0.25) is 4.79 Å². The van der Waals surface area contributed by atoms with Crippen molar-refractivity contribution in [1.82, 2.24) is 0 Å². The van der Waals surface area contributed by atoms with Crippen molar-refractivity contribution < 1.29 is 9.52 Å². The third-order valence-corrected chi connectivity index (χ3v) is 3.13. The molecule has 1 aromatic carbocycles. The number of hydrogen-bond acceptors (Lipinski definition) is 3. The van der Waals surface area contributed by atoms with E-state index in [1.165, 1.54) is 12.1 Å². The van der Waals surface area contributed by atoms with Gasteiger partial charge in [0.2, 0.25) is 0 Å². The summed E-state index contributed by atoms with van der Waals surface area (Å²) < 4.78 is 5.54. The lowest BCUT2D eigenvalue weighted by Gasteiger charge is -2.10. The molecule has 94 valence electrons. The summed E-state index contributed by atoms with van der Waals surface area (Å²) in [4.78, 5) is 11.5. The van der Waals surface area contributed by atoms with Crippen LogP contribution in [0.3, 0.4) is 0 Å². The molecule has 0 saturated heterocycles. The maximum atomic E-state index is 11.5. The van der Waals surface area contributed by atoms with Gasteiger partial charge in [-0.15, -0.1) is 6.58 Å². The molecule has 1 aliphatic heterocycles. The van der Waals surface area contributed by atoms with Gasteiger partial charge in [-0.1, -0.05) is 6.08 Å². The molecular weight excluding hydrogens is 240 g/mol. The highest BCUT2D eigenvalue weighted by atomic mass is 16.3. The minimum Gasteiger partial charge on any atom is -0.507 e. The first kappa shape index (κ1) is 11.5. The monoisotopic (exact) mass is 252 g/mol. The predicted molar refractivity (Wildman–Crippen MR) is 74.7 cm³/mol. The predicted octanol–water partition coefficient (Wildman–Crippen LogP) is 3.33. The Morgan fingerprint density at radius 2 is 2.11 bits per heavy atom. The van der Waals surface area contributed by atoms with Crippen LogP contribution in [0.2, 0.25) is 0 Å². The Labute approximate surface area is 109 Å². The number of phenolic OH excluding ortho intramolecular Hbond substituents is 1. The Bertz CT molecular complexity index is 799. The summed E-state index contributed by atoms with van der Waals surface area (Å²) in [5.74, 6) is 0.120. The fourth-order valence-electron chi connectivity index (χ4n) is 2.29. The van der Waals surface area contributed by atoms with Crippen LogP contribution in [-0.4, -0.2) is 5.11 Å². The standard InChI is InChI=1S/C16H12O3/c1-2-3-10-6-14(18)16-13-8-12(17)5-4-11(13)9-19-15(16)7-10/h2,4-9,18H,1,3H2. The first-order valence-corrected chi connectivity index (χ1v) is 5.97. The second-order valence-corrected chi connectivity index (χ2v) is 4.47. The quantitative estimate of drug-likeness (QED) is 0.562. The highest BCUT2D eigenvalue weighted by Gasteiger charge is 2.13. The van der Waals surface area contributed by atoms with Gasteiger partial charge in [0, 0.05) is 11.1 Å². The molecule has 0 unspecified atom stereocenters. The van der Waals surface area contributed by atoms with E-state index in [4.69, 9.17) is 4.42 Å². The molecule has 0 radical (unpaired) electrons. The van der Waals surface area contributed by atoms with Gasteiger partial charge < -0.3 is 9.52 Å². The third kappa shape index (κ3) is 1.89. The molecular formula is C16H12O3. The van der Waals surface area contributed by atoms with Crippen LogP contribution in [-0.2, 0) is 6.42 Å². The molecule has 19 heavy (non-hydrogen) atoms. The molecule has 0 fully saturated rings. The largest absolute Gasteiger partial charge is 0.507 e. The van der Waals surface area contributed by atoms with Crippen molar-refractivity contribution in [2.24, 2.45) is 0 Å². The van der Waals surface area contributed by atoms with Crippen LogP contribution in [0.25, 0.3) is 22.1 Å². The van der Waals surface area contributed by atoms with Gasteiger partial charge in [0.1, 0.15) is 11.3 Å². The molecule has 0 atom stereocenters. The van der Waals surface area contributed by atoms with Crippen LogP contribution < -0.4 is 5.43 Å². The van der Waals surface area contributed by atoms with E-state index in [0.717, 1.165) is 11.1 Å². The second kappa shape index (κ2) is 4.28. The van der Waals surface area contributed by atoms with Crippen molar-refractivity contribution in [3.05, 3.63) is 65.0 Å². The fourth-order valence-corrected chi connectivity index (χ4v) is 2.29. The van der Waals surface area contributed by atoms with Gasteiger partial charge in [-0.2, -0.15) is 0 Å². The highest BCUT2D eigenvalue weighted by molar-refractivity contribution is 5.98. The number of hydrogen-bond donors (Lipinski definition) is 1. The Hall–Kier alpha value is -2.55. The lowest BCUT2D eigenvalue weighted by molar-refractivity contribution is 0.479. The van der Waals surface area contributed by atoms with Crippen molar-refractivity contribution in [1.29, 1.82) is 0 Å². The van der Waals surface area contributed by atoms with E-state index in [0.29, 0.717) is 23.0 Å². The van der Waals surface area contributed by atoms with E-state index in [-0.39, 0.29) is 11.2 Å². The normalized spacial score (nSPS) is 10.9. The minimum atomic E-state index is -0.0884. The van der Waals surface area contributed by atoms with Crippen molar-refractivity contribution >= 4 is 11.0 Å². The van der Waals surface area contributed by atoms with Crippen LogP contribution in [0.15, 0.2) is 58.5 Å². The number of rotatable bonds is 2. The molecule has 0 aromatic heterocycles. The van der Waals surface area contributed by atoms with E-state index in [9.17, 15) is 9.90 Å². The average molecular weight is 252 g/mol. The van der Waals surface area contributed by atoms with Crippen LogP contribution >= 0.6 is 0 Å². The van der Waals surface area contributed by atoms with Gasteiger partial charge in [-0.05, 0) is 42.3 Å². The molecule has 3 heteroatoms. The summed E-state index contributed by atoms with van der Waals surface area (Å²) in [7, 11) is 0. The molecule has 0 spiro atoms. The van der Waals surface area contributed by atoms with Gasteiger partial charge in [0.05, 0.1) is 11.6 Å². The van der Waals surface area contributed by atoms with Crippen molar-refractivity contribution in [2.75, 3.05) is 0 Å². The van der Waals surface area contributed by atoms with Crippen LogP contribution in [0.1, 0.15) is 5.56 Å². The molecule has 0 bridgehead atoms. The van der Waals surface area contributed by atoms with Gasteiger partial charge in [0.15, 0.2) is 5.43 Å². The zero-order valence-corrected chi connectivity index (χ0v) is 10.2. The Morgan fingerprint density at radius 1 is 1.26 bits per heavy atom. The van der Waals surface area contributed by atoms with Crippen molar-refractivity contribution in [3.8, 4) is 16.9 Å². The summed E-state index contributed by atoms with van der Waals surface area (Å²) in [6.45, 7) is 3.67. The number of benzene rings is 2. The molecule has 1 heterocycles. The first-order chi connectivity index (χ1) is 9.19. The SMILES string of the molecule is C=CCc1cc(O)c2c3cc(=O)ccc-3coc2c1. The maximum Gasteiger partial charge on any atom is 0.179 e. The van der Waals surface area contributed by atoms with Gasteiger partial charge in [-0.25, -0.2) is 0 Å². The molecule has 3 nitrogen and oxygen atoms in total. The van der Waals surface area contributed by atoms with E-state index >= 15 is 0 Å². The highest BCUT2D eigenvalue weighted by Crippen LogP contribution is 2.36. The van der Waals surface area contributed by atoms with Crippen molar-refractivity contribution in [2.45, 2.75) is 6.42 Å². The van der Waals surface area contributed by atoms with Gasteiger partial charge in [0.25, 0.3) is 0 Å². The van der Waals surface area contributed by atoms with E-state index in [2.05, 4.69) is 6.58 Å². The topological polar surface area (TPSA) is 50.4 Å². The number of phenols is 1. The summed E-state index contributed by atoms with van der Waals surface area (Å²) in [5, 5.41) is 10.7. The van der Waals surface area contributed by atoms with Crippen molar-refractivity contribution in [3.63, 3.8) is 0 Å². The smallest absolute Gasteiger partial charge is 0.179 e. The maximum absolute atomic E-state index is 11.5. The zero-order valence-electron chi connectivity index (χ0n) is 10.2. The van der Waals surface area contributed by atoms with E-state index in [1.807, 2.05) is 6.07 Å². The lowest BCUT2D eigenvalue weighted by atomic mass is 9.99. The molecule has 0 amide bonds. The Morgan fingerprint density at radius 3 is 2.89 bits per heavy atom. The molecule has 0 saturated carbocycles. The molecule has 1 aromatic rings. The Kier molecular flexibility index (Phi) is 2.60. The first-order valence-electron chi connectivity index (χ1n) is 5.97. The summed E-state index contributed by atoms with van der Waals surface area (Å²) >= 11 is 0. The van der Waals surface area contributed by atoms with Crippen LogP contribution in [0.4, 0.5) is 0 Å².